The summed E-state index contributed by atoms with van der Waals surface area (Å²) in [5, 5.41) is 5.18. The summed E-state index contributed by atoms with van der Waals surface area (Å²) in [6.07, 6.45) is -0.264. The van der Waals surface area contributed by atoms with E-state index in [1.54, 1.807) is 18.2 Å². The van der Waals surface area contributed by atoms with Gasteiger partial charge < -0.3 is 15.6 Å². The lowest BCUT2D eigenvalue weighted by atomic mass is 9.92. The average molecular weight is 442 g/mol. The van der Waals surface area contributed by atoms with Gasteiger partial charge in [-0.2, -0.15) is 0 Å². The molecule has 0 spiro atoms. The number of aromatic nitrogens is 2. The minimum Gasteiger partial charge on any atom is -0.323 e. The Morgan fingerprint density at radius 3 is 2.61 bits per heavy atom. The van der Waals surface area contributed by atoms with Crippen LogP contribution < -0.4 is 16.2 Å². The molecule has 0 unspecified atom stereocenters. The quantitative estimate of drug-likeness (QED) is 0.415. The molecule has 0 fully saturated rings. The number of benzene rings is 2. The van der Waals surface area contributed by atoms with Crippen molar-refractivity contribution in [1.82, 2.24) is 9.97 Å². The number of rotatable bonds is 5. The fourth-order valence-electron chi connectivity index (χ4n) is 3.16. The first-order valence-corrected chi connectivity index (χ1v) is 10.3. The zero-order valence-electron chi connectivity index (χ0n) is 15.9. The number of halogens is 2. The molecule has 3 aromatic rings. The van der Waals surface area contributed by atoms with Crippen molar-refractivity contribution in [2.24, 2.45) is 0 Å². The van der Waals surface area contributed by atoms with Crippen LogP contribution in [0.25, 0.3) is 0 Å². The minimum absolute atomic E-state index is 0.00436. The van der Waals surface area contributed by atoms with E-state index >= 15 is 0 Å². The highest BCUT2D eigenvalue weighted by molar-refractivity contribution is 7.98. The molecule has 2 heterocycles. The van der Waals surface area contributed by atoms with Gasteiger partial charge in [0.2, 0.25) is 11.8 Å². The van der Waals surface area contributed by atoms with Crippen LogP contribution in [0.4, 0.5) is 20.3 Å². The zero-order valence-corrected chi connectivity index (χ0v) is 16.8. The molecule has 0 bridgehead atoms. The second kappa shape index (κ2) is 8.68. The predicted molar refractivity (Wildman–Crippen MR) is 112 cm³/mol. The Morgan fingerprint density at radius 2 is 1.87 bits per heavy atom. The molecule has 158 valence electrons. The van der Waals surface area contributed by atoms with Gasteiger partial charge in [-0.25, -0.2) is 13.8 Å². The van der Waals surface area contributed by atoms with Gasteiger partial charge in [0.05, 0.1) is 17.2 Å². The van der Waals surface area contributed by atoms with E-state index in [2.05, 4.69) is 20.6 Å². The highest BCUT2D eigenvalue weighted by atomic mass is 32.2. The smallest absolute Gasteiger partial charge is 0.257 e. The second-order valence-electron chi connectivity index (χ2n) is 6.82. The fraction of sp³-hybridized carbons (Fsp3) is 0.143. The molecule has 10 heteroatoms. The number of aromatic amines is 1. The van der Waals surface area contributed by atoms with Gasteiger partial charge in [-0.15, -0.1) is 0 Å². The summed E-state index contributed by atoms with van der Waals surface area (Å²) in [6, 6.07) is 11.5. The molecule has 1 aliphatic rings. The largest absolute Gasteiger partial charge is 0.323 e. The van der Waals surface area contributed by atoms with E-state index < -0.39 is 29.1 Å². The summed E-state index contributed by atoms with van der Waals surface area (Å²) in [7, 11) is 0. The molecular weight excluding hydrogens is 426 g/mol. The molecule has 31 heavy (non-hydrogen) atoms. The number of hydrogen-bond acceptors (Lipinski definition) is 5. The Balaban J connectivity index is 1.58. The van der Waals surface area contributed by atoms with E-state index in [-0.39, 0.29) is 34.5 Å². The van der Waals surface area contributed by atoms with Gasteiger partial charge >= 0.3 is 0 Å². The molecule has 2 aromatic carbocycles. The number of nitrogens with one attached hydrogen (secondary N) is 3. The summed E-state index contributed by atoms with van der Waals surface area (Å²) in [4.78, 5) is 44.5. The first-order valence-electron chi connectivity index (χ1n) is 9.27. The lowest BCUT2D eigenvalue weighted by Crippen LogP contribution is -2.36. The summed E-state index contributed by atoms with van der Waals surface area (Å²) < 4.78 is 26.9. The fourth-order valence-corrected chi connectivity index (χ4v) is 3.97. The van der Waals surface area contributed by atoms with Crippen molar-refractivity contribution in [2.45, 2.75) is 23.2 Å². The van der Waals surface area contributed by atoms with Crippen molar-refractivity contribution in [3.63, 3.8) is 0 Å². The molecular formula is C21H16F2N4O3S. The van der Waals surface area contributed by atoms with Gasteiger partial charge in [-0.05, 0) is 29.8 Å². The van der Waals surface area contributed by atoms with Crippen LogP contribution in [0.1, 0.15) is 23.5 Å². The van der Waals surface area contributed by atoms with Crippen LogP contribution in [-0.2, 0) is 15.3 Å². The number of para-hydroxylation sites is 1. The molecule has 0 radical (unpaired) electrons. The number of hydrogen-bond donors (Lipinski definition) is 3. The van der Waals surface area contributed by atoms with Crippen LogP contribution in [0.5, 0.6) is 0 Å². The van der Waals surface area contributed by atoms with Crippen molar-refractivity contribution in [3.05, 3.63) is 81.6 Å². The summed E-state index contributed by atoms with van der Waals surface area (Å²) in [5.41, 5.74) is 0.216. The van der Waals surface area contributed by atoms with Gasteiger partial charge in [-0.3, -0.25) is 14.4 Å². The molecule has 1 aromatic heterocycles. The Labute approximate surface area is 179 Å². The first kappa shape index (κ1) is 20.7. The highest BCUT2D eigenvalue weighted by Gasteiger charge is 2.35. The summed E-state index contributed by atoms with van der Waals surface area (Å²) >= 11 is 1.19. The van der Waals surface area contributed by atoms with E-state index in [0.717, 1.165) is 5.56 Å². The van der Waals surface area contributed by atoms with Crippen LogP contribution in [0.2, 0.25) is 0 Å². The molecule has 4 rings (SSSR count). The van der Waals surface area contributed by atoms with Crippen LogP contribution in [0, 0.1) is 11.6 Å². The molecule has 3 N–H and O–H groups in total. The normalized spacial score (nSPS) is 15.2. The number of amides is 2. The number of nitrogens with zero attached hydrogens (tertiary/aromatic N) is 1. The Hall–Kier alpha value is -3.53. The third-order valence-electron chi connectivity index (χ3n) is 4.67. The third kappa shape index (κ3) is 4.64. The van der Waals surface area contributed by atoms with E-state index in [9.17, 15) is 23.2 Å². The zero-order chi connectivity index (χ0) is 22.0. The summed E-state index contributed by atoms with van der Waals surface area (Å²) in [6.45, 7) is 0. The van der Waals surface area contributed by atoms with Crippen molar-refractivity contribution < 1.29 is 18.4 Å². The van der Waals surface area contributed by atoms with Crippen LogP contribution in [0.3, 0.4) is 0 Å². The van der Waals surface area contributed by atoms with Crippen LogP contribution in [0.15, 0.2) is 58.5 Å². The monoisotopic (exact) mass is 442 g/mol. The van der Waals surface area contributed by atoms with E-state index in [1.165, 1.54) is 42.1 Å². The van der Waals surface area contributed by atoms with Gasteiger partial charge in [0.25, 0.3) is 5.56 Å². The van der Waals surface area contributed by atoms with E-state index in [4.69, 9.17) is 0 Å². The van der Waals surface area contributed by atoms with Gasteiger partial charge in [0, 0.05) is 12.2 Å². The Bertz CT molecular complexity index is 1210. The Kier molecular flexibility index (Phi) is 5.81. The van der Waals surface area contributed by atoms with Crippen molar-refractivity contribution in [1.29, 1.82) is 0 Å². The lowest BCUT2D eigenvalue weighted by Gasteiger charge is -2.23. The number of anilines is 2. The summed E-state index contributed by atoms with van der Waals surface area (Å²) in [5.74, 6) is -2.85. The highest BCUT2D eigenvalue weighted by Crippen LogP contribution is 2.31. The molecule has 0 saturated heterocycles. The molecule has 7 nitrogen and oxygen atoms in total. The number of H-pyrrole nitrogens is 1. The second-order valence-corrected chi connectivity index (χ2v) is 7.79. The van der Waals surface area contributed by atoms with Gasteiger partial charge in [0.15, 0.2) is 5.16 Å². The Morgan fingerprint density at radius 1 is 1.13 bits per heavy atom. The maximum atomic E-state index is 13.9. The number of carbonyl (C=O) groups excluding carboxylic acids is 2. The molecule has 1 aliphatic heterocycles. The SMILES string of the molecule is O=C1C[C@H](C(=O)Nc2ccccc2F)c2c(nc(SCc3ccc(F)cc3)[nH]c2=O)N1. The van der Waals surface area contributed by atoms with E-state index in [1.807, 2.05) is 0 Å². The lowest BCUT2D eigenvalue weighted by molar-refractivity contribution is -0.123. The average Bonchev–Trinajstić information content (AvgIpc) is 2.74. The van der Waals surface area contributed by atoms with Gasteiger partial charge in [-0.1, -0.05) is 36.0 Å². The van der Waals surface area contributed by atoms with Crippen molar-refractivity contribution in [2.75, 3.05) is 10.6 Å². The molecule has 1 atom stereocenters. The number of fused-ring (bicyclic) bond motifs is 1. The van der Waals surface area contributed by atoms with Crippen LogP contribution in [-0.4, -0.2) is 21.8 Å². The van der Waals surface area contributed by atoms with Gasteiger partial charge in [0.1, 0.15) is 17.5 Å². The number of thioether (sulfide) groups is 1. The van der Waals surface area contributed by atoms with E-state index in [0.29, 0.717) is 5.75 Å². The van der Waals surface area contributed by atoms with Crippen molar-refractivity contribution in [3.8, 4) is 0 Å². The number of carbonyl (C=O) groups is 2. The maximum Gasteiger partial charge on any atom is 0.257 e. The first-order chi connectivity index (χ1) is 14.9. The molecule has 2 amide bonds. The standard InChI is InChI=1S/C21H16F2N4O3S/c22-12-7-5-11(6-8-12)10-31-21-26-18-17(20(30)27-21)13(9-16(28)25-18)19(29)24-15-4-2-1-3-14(15)23/h1-8,13H,9-10H2,(H,24,29)(H2,25,26,27,28,30)/t13-/m0/s1. The van der Waals surface area contributed by atoms with Crippen LogP contribution >= 0.6 is 11.8 Å². The third-order valence-corrected chi connectivity index (χ3v) is 5.61. The predicted octanol–water partition coefficient (Wildman–Crippen LogP) is 3.40. The molecule has 0 aliphatic carbocycles. The maximum absolute atomic E-state index is 13.9. The molecule has 0 saturated carbocycles. The van der Waals surface area contributed by atoms with Crippen molar-refractivity contribution >= 4 is 35.1 Å². The topological polar surface area (TPSA) is 104 Å². The minimum atomic E-state index is -1.12.